The Labute approximate surface area is 163 Å². The molecule has 4 nitrogen and oxygen atoms in total. The number of benzene rings is 1. The molecule has 1 saturated heterocycles. The van der Waals surface area contributed by atoms with Crippen molar-refractivity contribution in [1.82, 2.24) is 10.2 Å². The summed E-state index contributed by atoms with van der Waals surface area (Å²) >= 11 is 7.44. The smallest absolute Gasteiger partial charge is 0.263 e. The van der Waals surface area contributed by atoms with Crippen LogP contribution in [0.2, 0.25) is 5.02 Å². The highest BCUT2D eigenvalue weighted by molar-refractivity contribution is 7.12. The van der Waals surface area contributed by atoms with Gasteiger partial charge >= 0.3 is 0 Å². The summed E-state index contributed by atoms with van der Waals surface area (Å²) in [6.45, 7) is 2.07. The number of rotatable bonds is 6. The van der Waals surface area contributed by atoms with E-state index in [1.807, 2.05) is 46.7 Å². The molecule has 0 atom stereocenters. The Bertz CT molecular complexity index is 740. The lowest BCUT2D eigenvalue weighted by atomic mass is 9.92. The molecule has 0 aliphatic carbocycles. The number of likely N-dealkylation sites (tertiary alicyclic amines) is 1. The Morgan fingerprint density at radius 1 is 1.19 bits per heavy atom. The highest BCUT2D eigenvalue weighted by Crippen LogP contribution is 2.24. The Balaban J connectivity index is 1.35. The van der Waals surface area contributed by atoms with E-state index in [2.05, 4.69) is 5.32 Å². The minimum atomic E-state index is 0.0714. The minimum Gasteiger partial charge on any atom is -0.352 e. The largest absolute Gasteiger partial charge is 0.352 e. The zero-order valence-corrected chi connectivity index (χ0v) is 16.2. The van der Waals surface area contributed by atoms with E-state index in [4.69, 9.17) is 11.6 Å². The molecule has 6 heteroatoms. The average molecular weight is 391 g/mol. The van der Waals surface area contributed by atoms with Gasteiger partial charge in [-0.25, -0.2) is 0 Å². The van der Waals surface area contributed by atoms with Crippen molar-refractivity contribution in [3.63, 3.8) is 0 Å². The molecule has 1 aliphatic rings. The van der Waals surface area contributed by atoms with Crippen LogP contribution in [0.25, 0.3) is 0 Å². The van der Waals surface area contributed by atoms with Crippen molar-refractivity contribution in [3.05, 3.63) is 57.2 Å². The molecule has 0 unspecified atom stereocenters. The summed E-state index contributed by atoms with van der Waals surface area (Å²) in [5, 5.41) is 5.56. The van der Waals surface area contributed by atoms with Crippen LogP contribution in [0, 0.1) is 5.92 Å². The maximum Gasteiger partial charge on any atom is 0.263 e. The summed E-state index contributed by atoms with van der Waals surface area (Å²) < 4.78 is 0. The second-order valence-electron chi connectivity index (χ2n) is 6.66. The summed E-state index contributed by atoms with van der Waals surface area (Å²) in [5.74, 6) is 0.721. The van der Waals surface area contributed by atoms with E-state index < -0.39 is 0 Å². The molecular formula is C20H23ClN2O2S. The standard InChI is InChI=1S/C20H23ClN2O2S/c21-17-4-1-3-16(13-17)14-22-19(24)7-6-15-8-10-23(11-9-15)20(25)18-5-2-12-26-18/h1-5,12-13,15H,6-11,14H2,(H,22,24). The van der Waals surface area contributed by atoms with Crippen LogP contribution in [0.3, 0.4) is 0 Å². The van der Waals surface area contributed by atoms with Crippen molar-refractivity contribution >= 4 is 34.8 Å². The highest BCUT2D eigenvalue weighted by Gasteiger charge is 2.24. The van der Waals surface area contributed by atoms with Crippen LogP contribution in [-0.2, 0) is 11.3 Å². The normalized spacial score (nSPS) is 15.0. The van der Waals surface area contributed by atoms with Crippen LogP contribution in [0.4, 0.5) is 0 Å². The van der Waals surface area contributed by atoms with Gasteiger partial charge in [0.1, 0.15) is 0 Å². The molecule has 1 aliphatic heterocycles. The Kier molecular flexibility index (Phi) is 6.69. The molecule has 1 N–H and O–H groups in total. The van der Waals surface area contributed by atoms with E-state index in [0.717, 1.165) is 42.8 Å². The fourth-order valence-corrected chi connectivity index (χ4v) is 4.16. The number of thiophene rings is 1. The summed E-state index contributed by atoms with van der Waals surface area (Å²) in [6, 6.07) is 11.3. The van der Waals surface area contributed by atoms with Crippen molar-refractivity contribution in [2.24, 2.45) is 5.92 Å². The number of amides is 2. The first-order valence-electron chi connectivity index (χ1n) is 8.96. The molecule has 2 heterocycles. The molecule has 138 valence electrons. The van der Waals surface area contributed by atoms with Gasteiger partial charge in [0.2, 0.25) is 5.91 Å². The van der Waals surface area contributed by atoms with Crippen molar-refractivity contribution in [2.45, 2.75) is 32.2 Å². The maximum atomic E-state index is 12.3. The van der Waals surface area contributed by atoms with Gasteiger partial charge in [-0.1, -0.05) is 29.8 Å². The Hall–Kier alpha value is -1.85. The van der Waals surface area contributed by atoms with Gasteiger partial charge in [0.05, 0.1) is 4.88 Å². The molecule has 2 amide bonds. The Morgan fingerprint density at radius 2 is 2.00 bits per heavy atom. The number of piperidine rings is 1. The van der Waals surface area contributed by atoms with Crippen LogP contribution in [0.5, 0.6) is 0 Å². The fourth-order valence-electron chi connectivity index (χ4n) is 3.25. The summed E-state index contributed by atoms with van der Waals surface area (Å²) in [6.07, 6.45) is 3.35. The van der Waals surface area contributed by atoms with Crippen molar-refractivity contribution < 1.29 is 9.59 Å². The molecule has 0 bridgehead atoms. The molecule has 3 rings (SSSR count). The summed E-state index contributed by atoms with van der Waals surface area (Å²) in [5.41, 5.74) is 1.01. The predicted molar refractivity (Wildman–Crippen MR) is 105 cm³/mol. The number of nitrogens with zero attached hydrogens (tertiary/aromatic N) is 1. The van der Waals surface area contributed by atoms with Crippen molar-refractivity contribution in [3.8, 4) is 0 Å². The van der Waals surface area contributed by atoms with Crippen LogP contribution in [-0.4, -0.2) is 29.8 Å². The molecular weight excluding hydrogens is 368 g/mol. The zero-order chi connectivity index (χ0) is 18.4. The van der Waals surface area contributed by atoms with Gasteiger partial charge in [0.15, 0.2) is 0 Å². The van der Waals surface area contributed by atoms with Gasteiger partial charge in [0, 0.05) is 31.1 Å². The van der Waals surface area contributed by atoms with E-state index >= 15 is 0 Å². The number of hydrogen-bond acceptors (Lipinski definition) is 3. The minimum absolute atomic E-state index is 0.0714. The van der Waals surface area contributed by atoms with E-state index in [-0.39, 0.29) is 11.8 Å². The van der Waals surface area contributed by atoms with Gasteiger partial charge < -0.3 is 10.2 Å². The van der Waals surface area contributed by atoms with Crippen molar-refractivity contribution in [1.29, 1.82) is 0 Å². The van der Waals surface area contributed by atoms with E-state index in [9.17, 15) is 9.59 Å². The van der Waals surface area contributed by atoms with E-state index in [1.54, 1.807) is 0 Å². The first kappa shape index (κ1) is 18.9. The van der Waals surface area contributed by atoms with Crippen molar-refractivity contribution in [2.75, 3.05) is 13.1 Å². The van der Waals surface area contributed by atoms with Crippen LogP contribution < -0.4 is 5.32 Å². The van der Waals surface area contributed by atoms with E-state index in [1.165, 1.54) is 11.3 Å². The van der Waals surface area contributed by atoms with Crippen LogP contribution in [0.15, 0.2) is 41.8 Å². The van der Waals surface area contributed by atoms with Gasteiger partial charge in [-0.05, 0) is 54.3 Å². The topological polar surface area (TPSA) is 49.4 Å². The first-order chi connectivity index (χ1) is 12.6. The third-order valence-corrected chi connectivity index (χ3v) is 5.89. The summed E-state index contributed by atoms with van der Waals surface area (Å²) in [7, 11) is 0. The monoisotopic (exact) mass is 390 g/mol. The SMILES string of the molecule is O=C(CCC1CCN(C(=O)c2cccs2)CC1)NCc1cccc(Cl)c1. The van der Waals surface area contributed by atoms with Crippen LogP contribution >= 0.6 is 22.9 Å². The van der Waals surface area contributed by atoms with Crippen LogP contribution in [0.1, 0.15) is 40.9 Å². The highest BCUT2D eigenvalue weighted by atomic mass is 35.5. The molecule has 0 saturated carbocycles. The number of carbonyl (C=O) groups is 2. The van der Waals surface area contributed by atoms with Gasteiger partial charge in [-0.15, -0.1) is 11.3 Å². The lowest BCUT2D eigenvalue weighted by molar-refractivity contribution is -0.121. The van der Waals surface area contributed by atoms with Gasteiger partial charge in [-0.3, -0.25) is 9.59 Å². The maximum absolute atomic E-state index is 12.3. The van der Waals surface area contributed by atoms with Gasteiger partial charge in [0.25, 0.3) is 5.91 Å². The Morgan fingerprint density at radius 3 is 2.69 bits per heavy atom. The number of nitrogens with one attached hydrogen (secondary N) is 1. The molecule has 26 heavy (non-hydrogen) atoms. The quantitative estimate of drug-likeness (QED) is 0.797. The molecule has 1 aromatic heterocycles. The van der Waals surface area contributed by atoms with Gasteiger partial charge in [-0.2, -0.15) is 0 Å². The average Bonchev–Trinajstić information content (AvgIpc) is 3.19. The molecule has 2 aromatic rings. The number of halogens is 1. The lowest BCUT2D eigenvalue weighted by Gasteiger charge is -2.31. The molecule has 0 radical (unpaired) electrons. The molecule has 0 spiro atoms. The second kappa shape index (κ2) is 9.19. The fraction of sp³-hybridized carbons (Fsp3) is 0.400. The zero-order valence-electron chi connectivity index (χ0n) is 14.6. The predicted octanol–water partition coefficient (Wildman–Crippen LogP) is 4.35. The lowest BCUT2D eigenvalue weighted by Crippen LogP contribution is -2.38. The molecule has 1 aromatic carbocycles. The number of carbonyl (C=O) groups excluding carboxylic acids is 2. The third kappa shape index (κ3) is 5.32. The summed E-state index contributed by atoms with van der Waals surface area (Å²) in [4.78, 5) is 27.1. The second-order valence-corrected chi connectivity index (χ2v) is 8.04. The first-order valence-corrected chi connectivity index (χ1v) is 10.2. The number of hydrogen-bond donors (Lipinski definition) is 1. The van der Waals surface area contributed by atoms with E-state index in [0.29, 0.717) is 23.9 Å². The molecule has 1 fully saturated rings. The third-order valence-electron chi connectivity index (χ3n) is 4.79.